The van der Waals surface area contributed by atoms with Crippen molar-refractivity contribution in [2.45, 2.75) is 63.2 Å². The van der Waals surface area contributed by atoms with E-state index in [1.165, 1.54) is 25.7 Å². The minimum atomic E-state index is 0.200. The summed E-state index contributed by atoms with van der Waals surface area (Å²) in [7, 11) is 0. The molecule has 1 fully saturated rings. The Morgan fingerprint density at radius 3 is 2.59 bits per heavy atom. The van der Waals surface area contributed by atoms with Crippen LogP contribution in [0.25, 0.3) is 0 Å². The van der Waals surface area contributed by atoms with Crippen LogP contribution >= 0.6 is 11.8 Å². The summed E-state index contributed by atoms with van der Waals surface area (Å²) in [6, 6.07) is 0.426. The third kappa shape index (κ3) is 6.94. The Bertz CT molecular complexity index is 215. The number of carbonyl (C=O) groups excluding carboxylic acids is 1. The van der Waals surface area contributed by atoms with Crippen LogP contribution in [-0.2, 0) is 4.79 Å². The molecule has 0 aromatic rings. The van der Waals surface area contributed by atoms with E-state index in [4.69, 9.17) is 5.73 Å². The Kier molecular flexibility index (Phi) is 7.69. The zero-order valence-electron chi connectivity index (χ0n) is 10.9. The molecule has 1 rings (SSSR count). The second kappa shape index (κ2) is 8.81. The predicted molar refractivity (Wildman–Crippen MR) is 75.2 cm³/mol. The fourth-order valence-corrected chi connectivity index (χ4v) is 3.05. The van der Waals surface area contributed by atoms with Crippen LogP contribution in [0.2, 0.25) is 0 Å². The summed E-state index contributed by atoms with van der Waals surface area (Å²) >= 11 is 1.71. The largest absolute Gasteiger partial charge is 0.353 e. The Morgan fingerprint density at radius 2 is 2.00 bits per heavy atom. The highest BCUT2D eigenvalue weighted by atomic mass is 32.2. The van der Waals surface area contributed by atoms with E-state index in [2.05, 4.69) is 12.2 Å². The summed E-state index contributed by atoms with van der Waals surface area (Å²) in [6.45, 7) is 2.84. The molecule has 0 spiro atoms. The highest BCUT2D eigenvalue weighted by Crippen LogP contribution is 2.18. The van der Waals surface area contributed by atoms with E-state index >= 15 is 0 Å². The first-order valence-electron chi connectivity index (χ1n) is 6.83. The highest BCUT2D eigenvalue weighted by molar-refractivity contribution is 8.00. The van der Waals surface area contributed by atoms with E-state index in [0.29, 0.717) is 23.6 Å². The maximum atomic E-state index is 11.8. The number of nitrogens with two attached hydrogens (primary N) is 1. The Morgan fingerprint density at radius 1 is 1.35 bits per heavy atom. The van der Waals surface area contributed by atoms with Crippen molar-refractivity contribution in [2.24, 2.45) is 5.73 Å². The van der Waals surface area contributed by atoms with Crippen LogP contribution < -0.4 is 11.1 Å². The van der Waals surface area contributed by atoms with Gasteiger partial charge in [-0.25, -0.2) is 0 Å². The minimum Gasteiger partial charge on any atom is -0.353 e. The maximum absolute atomic E-state index is 11.8. The molecule has 1 atom stereocenters. The van der Waals surface area contributed by atoms with Gasteiger partial charge in [-0.3, -0.25) is 4.79 Å². The van der Waals surface area contributed by atoms with E-state index in [0.717, 1.165) is 19.3 Å². The molecule has 0 bridgehead atoms. The first-order valence-corrected chi connectivity index (χ1v) is 7.88. The molecular weight excluding hydrogens is 232 g/mol. The van der Waals surface area contributed by atoms with Crippen LogP contribution in [0.4, 0.5) is 0 Å². The highest BCUT2D eigenvalue weighted by Gasteiger charge is 2.15. The maximum Gasteiger partial charge on any atom is 0.230 e. The van der Waals surface area contributed by atoms with Gasteiger partial charge in [0.25, 0.3) is 0 Å². The van der Waals surface area contributed by atoms with Gasteiger partial charge >= 0.3 is 0 Å². The average molecular weight is 258 g/mol. The van der Waals surface area contributed by atoms with Gasteiger partial charge in [0.15, 0.2) is 0 Å². The van der Waals surface area contributed by atoms with E-state index in [-0.39, 0.29) is 5.91 Å². The lowest BCUT2D eigenvalue weighted by atomic mass is 10.1. The molecule has 0 aromatic carbocycles. The van der Waals surface area contributed by atoms with Crippen molar-refractivity contribution >= 4 is 17.7 Å². The number of thioether (sulfide) groups is 1. The van der Waals surface area contributed by atoms with Gasteiger partial charge in [-0.2, -0.15) is 0 Å². The van der Waals surface area contributed by atoms with Gasteiger partial charge in [0, 0.05) is 11.3 Å². The molecule has 1 amide bonds. The predicted octanol–water partition coefficient (Wildman–Crippen LogP) is 2.30. The standard InChI is InChI=1S/C13H26N2OS/c1-11(8-9-14)17-10-13(16)15-12-6-4-2-3-5-7-12/h11-12H,2-10,14H2,1H3,(H,15,16). The topological polar surface area (TPSA) is 55.1 Å². The van der Waals surface area contributed by atoms with E-state index < -0.39 is 0 Å². The van der Waals surface area contributed by atoms with Crippen molar-refractivity contribution in [3.05, 3.63) is 0 Å². The third-order valence-corrected chi connectivity index (χ3v) is 4.53. The number of carbonyl (C=O) groups is 1. The van der Waals surface area contributed by atoms with Gasteiger partial charge in [-0.05, 0) is 25.8 Å². The fourth-order valence-electron chi connectivity index (χ4n) is 2.23. The van der Waals surface area contributed by atoms with E-state index in [1.807, 2.05) is 0 Å². The van der Waals surface area contributed by atoms with Gasteiger partial charge in [-0.15, -0.1) is 11.8 Å². The molecular formula is C13H26N2OS. The molecule has 100 valence electrons. The molecule has 4 heteroatoms. The number of hydrogen-bond donors (Lipinski definition) is 2. The van der Waals surface area contributed by atoms with Crippen molar-refractivity contribution in [1.82, 2.24) is 5.32 Å². The zero-order valence-corrected chi connectivity index (χ0v) is 11.7. The summed E-state index contributed by atoms with van der Waals surface area (Å²) < 4.78 is 0. The molecule has 0 radical (unpaired) electrons. The average Bonchev–Trinajstić information content (AvgIpc) is 2.55. The lowest BCUT2D eigenvalue weighted by molar-refractivity contribution is -0.119. The number of amides is 1. The second-order valence-electron chi connectivity index (χ2n) is 4.95. The Labute approximate surface area is 109 Å². The SMILES string of the molecule is CC(CCN)SCC(=O)NC1CCCCCC1. The van der Waals surface area contributed by atoms with Gasteiger partial charge < -0.3 is 11.1 Å². The first-order chi connectivity index (χ1) is 8.22. The van der Waals surface area contributed by atoms with Crippen LogP contribution in [0, 0.1) is 0 Å². The molecule has 1 aliphatic rings. The van der Waals surface area contributed by atoms with Crippen molar-refractivity contribution in [3.63, 3.8) is 0 Å². The van der Waals surface area contributed by atoms with Crippen LogP contribution in [0.3, 0.4) is 0 Å². The molecule has 1 saturated carbocycles. The van der Waals surface area contributed by atoms with Crippen LogP contribution in [0.15, 0.2) is 0 Å². The van der Waals surface area contributed by atoms with Crippen molar-refractivity contribution in [1.29, 1.82) is 0 Å². The lowest BCUT2D eigenvalue weighted by Gasteiger charge is -2.17. The molecule has 3 nitrogen and oxygen atoms in total. The molecule has 0 aliphatic heterocycles. The normalized spacial score (nSPS) is 19.6. The fraction of sp³-hybridized carbons (Fsp3) is 0.923. The van der Waals surface area contributed by atoms with E-state index in [1.54, 1.807) is 11.8 Å². The van der Waals surface area contributed by atoms with Gasteiger partial charge in [0.1, 0.15) is 0 Å². The summed E-state index contributed by atoms with van der Waals surface area (Å²) in [5.74, 6) is 0.781. The monoisotopic (exact) mass is 258 g/mol. The number of nitrogens with one attached hydrogen (secondary N) is 1. The molecule has 1 aliphatic carbocycles. The molecule has 17 heavy (non-hydrogen) atoms. The van der Waals surface area contributed by atoms with Crippen LogP contribution in [0.5, 0.6) is 0 Å². The summed E-state index contributed by atoms with van der Waals surface area (Å²) in [5.41, 5.74) is 5.49. The van der Waals surface area contributed by atoms with Crippen molar-refractivity contribution in [2.75, 3.05) is 12.3 Å². The van der Waals surface area contributed by atoms with Crippen molar-refractivity contribution in [3.8, 4) is 0 Å². The number of hydrogen-bond acceptors (Lipinski definition) is 3. The zero-order chi connectivity index (χ0) is 12.5. The van der Waals surface area contributed by atoms with Crippen LogP contribution in [0.1, 0.15) is 51.9 Å². The molecule has 3 N–H and O–H groups in total. The quantitative estimate of drug-likeness (QED) is 0.719. The minimum absolute atomic E-state index is 0.200. The molecule has 0 aromatic heterocycles. The van der Waals surface area contributed by atoms with Gasteiger partial charge in [-0.1, -0.05) is 32.6 Å². The number of rotatable bonds is 6. The van der Waals surface area contributed by atoms with Crippen LogP contribution in [-0.4, -0.2) is 29.5 Å². The summed E-state index contributed by atoms with van der Waals surface area (Å²) in [6.07, 6.45) is 8.50. The summed E-state index contributed by atoms with van der Waals surface area (Å²) in [4.78, 5) is 11.8. The van der Waals surface area contributed by atoms with Crippen molar-refractivity contribution < 1.29 is 4.79 Å². The molecule has 0 heterocycles. The lowest BCUT2D eigenvalue weighted by Crippen LogP contribution is -2.35. The van der Waals surface area contributed by atoms with Gasteiger partial charge in [0.2, 0.25) is 5.91 Å². The smallest absolute Gasteiger partial charge is 0.230 e. The van der Waals surface area contributed by atoms with E-state index in [9.17, 15) is 4.79 Å². The summed E-state index contributed by atoms with van der Waals surface area (Å²) in [5, 5.41) is 3.65. The second-order valence-corrected chi connectivity index (χ2v) is 6.38. The Hall–Kier alpha value is -0.220. The first kappa shape index (κ1) is 14.8. The molecule has 1 unspecified atom stereocenters. The Balaban J connectivity index is 2.14. The molecule has 0 saturated heterocycles. The third-order valence-electron chi connectivity index (χ3n) is 3.29. The van der Waals surface area contributed by atoms with Gasteiger partial charge in [0.05, 0.1) is 5.75 Å².